The van der Waals surface area contributed by atoms with E-state index < -0.39 is 5.79 Å². The van der Waals surface area contributed by atoms with Crippen molar-refractivity contribution in [3.8, 4) is 0 Å². The van der Waals surface area contributed by atoms with Gasteiger partial charge in [-0.3, -0.25) is 0 Å². The van der Waals surface area contributed by atoms with Crippen molar-refractivity contribution >= 4 is 5.97 Å². The molecule has 0 aromatic carbocycles. The normalized spacial score (nSPS) is 44.9. The summed E-state index contributed by atoms with van der Waals surface area (Å²) in [7, 11) is 1.65. The molecule has 0 saturated heterocycles. The minimum Gasteiger partial charge on any atom is -0.425 e. The van der Waals surface area contributed by atoms with E-state index in [2.05, 4.69) is 26.8 Å². The van der Waals surface area contributed by atoms with Crippen molar-refractivity contribution in [2.24, 2.45) is 17.3 Å². The Morgan fingerprint density at radius 3 is 2.84 bits per heavy atom. The predicted molar refractivity (Wildman–Crippen MR) is 72.3 cm³/mol. The number of fused-ring (bicyclic) bond motifs is 2. The van der Waals surface area contributed by atoms with Gasteiger partial charge in [0.1, 0.15) is 0 Å². The zero-order valence-corrected chi connectivity index (χ0v) is 12.2. The van der Waals surface area contributed by atoms with Gasteiger partial charge in [0.25, 0.3) is 0 Å². The van der Waals surface area contributed by atoms with Gasteiger partial charge in [-0.2, -0.15) is 0 Å². The molecule has 3 aliphatic carbocycles. The maximum Gasteiger partial charge on any atom is 0.333 e. The van der Waals surface area contributed by atoms with Gasteiger partial charge < -0.3 is 9.47 Å². The number of esters is 1. The smallest absolute Gasteiger partial charge is 0.333 e. The number of rotatable bonds is 1. The highest BCUT2D eigenvalue weighted by Gasteiger charge is 2.55. The zero-order valence-electron chi connectivity index (χ0n) is 12.2. The van der Waals surface area contributed by atoms with Crippen molar-refractivity contribution in [1.82, 2.24) is 0 Å². The van der Waals surface area contributed by atoms with Crippen molar-refractivity contribution in [1.29, 1.82) is 0 Å². The first-order valence-electron chi connectivity index (χ1n) is 7.10. The minimum atomic E-state index is -0.839. The molecule has 1 saturated carbocycles. The molecule has 0 aromatic rings. The van der Waals surface area contributed by atoms with Crippen LogP contribution in [0.1, 0.15) is 40.0 Å². The number of methoxy groups -OCH3 is 1. The van der Waals surface area contributed by atoms with Gasteiger partial charge in [0.05, 0.1) is 0 Å². The Morgan fingerprint density at radius 1 is 1.47 bits per heavy atom. The molecule has 1 heterocycles. The molecule has 4 atom stereocenters. The summed E-state index contributed by atoms with van der Waals surface area (Å²) in [5.41, 5.74) is 2.67. The van der Waals surface area contributed by atoms with Crippen molar-refractivity contribution < 1.29 is 14.3 Å². The largest absolute Gasteiger partial charge is 0.425 e. The Hall–Kier alpha value is -1.09. The Balaban J connectivity index is 2.13. The summed E-state index contributed by atoms with van der Waals surface area (Å²) < 4.78 is 11.3. The van der Waals surface area contributed by atoms with Crippen molar-refractivity contribution in [3.63, 3.8) is 0 Å². The highest BCUT2D eigenvalue weighted by atomic mass is 16.7. The summed E-state index contributed by atoms with van der Waals surface area (Å²) in [4.78, 5) is 11.7. The first-order chi connectivity index (χ1) is 8.92. The van der Waals surface area contributed by atoms with Crippen LogP contribution in [0, 0.1) is 17.3 Å². The molecule has 0 spiro atoms. The van der Waals surface area contributed by atoms with Gasteiger partial charge in [-0.15, -0.1) is 0 Å². The van der Waals surface area contributed by atoms with E-state index in [1.165, 1.54) is 5.57 Å². The first kappa shape index (κ1) is 12.9. The number of ether oxygens (including phenoxy) is 2. The summed E-state index contributed by atoms with van der Waals surface area (Å²) in [5.74, 6) is -0.381. The lowest BCUT2D eigenvalue weighted by Crippen LogP contribution is -2.48. The van der Waals surface area contributed by atoms with Gasteiger partial charge in [-0.25, -0.2) is 4.79 Å². The van der Waals surface area contributed by atoms with E-state index in [0.29, 0.717) is 5.92 Å². The van der Waals surface area contributed by atoms with E-state index in [4.69, 9.17) is 9.47 Å². The zero-order chi connectivity index (χ0) is 13.8. The van der Waals surface area contributed by atoms with E-state index in [0.717, 1.165) is 24.8 Å². The summed E-state index contributed by atoms with van der Waals surface area (Å²) in [6.07, 6.45) is 6.85. The third kappa shape index (κ3) is 1.57. The van der Waals surface area contributed by atoms with Crippen LogP contribution in [0.5, 0.6) is 0 Å². The quantitative estimate of drug-likeness (QED) is 0.537. The van der Waals surface area contributed by atoms with Crippen LogP contribution in [0.25, 0.3) is 0 Å². The Kier molecular flexibility index (Phi) is 2.69. The monoisotopic (exact) mass is 262 g/mol. The molecule has 1 aliphatic heterocycles. The number of carbonyl (C=O) groups is 1. The summed E-state index contributed by atoms with van der Waals surface area (Å²) in [6, 6.07) is 0. The first-order valence-corrected chi connectivity index (χ1v) is 7.10. The molecule has 4 rings (SSSR count). The molecule has 0 N–H and O–H groups in total. The number of hydrogen-bond acceptors (Lipinski definition) is 3. The number of carbonyl (C=O) groups excluding carboxylic acids is 1. The van der Waals surface area contributed by atoms with Crippen LogP contribution in [0.15, 0.2) is 23.3 Å². The second-order valence-corrected chi connectivity index (χ2v) is 6.47. The van der Waals surface area contributed by atoms with Crippen LogP contribution in [0.3, 0.4) is 0 Å². The molecule has 19 heavy (non-hydrogen) atoms. The average molecular weight is 262 g/mol. The molecule has 0 radical (unpaired) electrons. The van der Waals surface area contributed by atoms with E-state index in [1.54, 1.807) is 13.2 Å². The highest BCUT2D eigenvalue weighted by molar-refractivity contribution is 5.86. The fourth-order valence-corrected chi connectivity index (χ4v) is 4.06. The molecule has 4 aliphatic rings. The van der Waals surface area contributed by atoms with E-state index in [1.807, 2.05) is 0 Å². The van der Waals surface area contributed by atoms with E-state index >= 15 is 0 Å². The SMILES string of the molecule is CO[C@]12OC(=O)C=C1CC[C@]1(C)C(C)=C[C@@H]2C[C@H]1C. The maximum absolute atomic E-state index is 11.7. The lowest BCUT2D eigenvalue weighted by molar-refractivity contribution is -0.213. The molecule has 0 amide bonds. The second kappa shape index (κ2) is 3.95. The molecule has 3 nitrogen and oxygen atoms in total. The number of hydrogen-bond donors (Lipinski definition) is 0. The average Bonchev–Trinajstić information content (AvgIpc) is 2.69. The fourth-order valence-electron chi connectivity index (χ4n) is 4.06. The van der Waals surface area contributed by atoms with Crippen LogP contribution < -0.4 is 0 Å². The van der Waals surface area contributed by atoms with Crippen LogP contribution >= 0.6 is 0 Å². The molecule has 0 unspecified atom stereocenters. The van der Waals surface area contributed by atoms with E-state index in [-0.39, 0.29) is 17.3 Å². The van der Waals surface area contributed by atoms with Crippen molar-refractivity contribution in [2.45, 2.75) is 45.8 Å². The molecular weight excluding hydrogens is 240 g/mol. The third-order valence-corrected chi connectivity index (χ3v) is 5.74. The minimum absolute atomic E-state index is 0.138. The molecule has 2 bridgehead atoms. The number of allylic oxidation sites excluding steroid dienone is 1. The Morgan fingerprint density at radius 2 is 2.21 bits per heavy atom. The summed E-state index contributed by atoms with van der Waals surface area (Å²) in [6.45, 7) is 6.85. The van der Waals surface area contributed by atoms with Gasteiger partial charge in [0, 0.05) is 24.7 Å². The molecule has 0 aromatic heterocycles. The van der Waals surface area contributed by atoms with Crippen molar-refractivity contribution in [3.05, 3.63) is 23.3 Å². The van der Waals surface area contributed by atoms with Gasteiger partial charge in [-0.05, 0) is 37.5 Å². The van der Waals surface area contributed by atoms with Gasteiger partial charge in [0.15, 0.2) is 0 Å². The Bertz CT molecular complexity index is 490. The van der Waals surface area contributed by atoms with Gasteiger partial charge in [-0.1, -0.05) is 25.5 Å². The van der Waals surface area contributed by atoms with Crippen molar-refractivity contribution in [2.75, 3.05) is 7.11 Å². The maximum atomic E-state index is 11.7. The predicted octanol–water partition coefficient (Wildman–Crippen LogP) is 3.21. The van der Waals surface area contributed by atoms with Crippen LogP contribution in [-0.4, -0.2) is 18.9 Å². The van der Waals surface area contributed by atoms with Gasteiger partial charge in [0.2, 0.25) is 5.79 Å². The van der Waals surface area contributed by atoms with Crippen LogP contribution in [-0.2, 0) is 14.3 Å². The summed E-state index contributed by atoms with van der Waals surface area (Å²) in [5, 5.41) is 0. The lowest BCUT2D eigenvalue weighted by atomic mass is 9.59. The standard InChI is InChI=1S/C16H22O3/c1-10-7-13-8-11(2)15(10,3)6-5-12-9-14(17)19-16(12,13)18-4/h7,9,11,13H,5-6,8H2,1-4H3/t11-,13-,15-,16+/m1/s1. The van der Waals surface area contributed by atoms with Crippen LogP contribution in [0.2, 0.25) is 0 Å². The fraction of sp³-hybridized carbons (Fsp3) is 0.688. The second-order valence-electron chi connectivity index (χ2n) is 6.47. The third-order valence-electron chi connectivity index (χ3n) is 5.74. The molecular formula is C16H22O3. The molecule has 3 heteroatoms. The van der Waals surface area contributed by atoms with Crippen LogP contribution in [0.4, 0.5) is 0 Å². The molecule has 104 valence electrons. The summed E-state index contributed by atoms with van der Waals surface area (Å²) >= 11 is 0. The van der Waals surface area contributed by atoms with E-state index in [9.17, 15) is 4.79 Å². The van der Waals surface area contributed by atoms with Gasteiger partial charge >= 0.3 is 5.97 Å². The highest BCUT2D eigenvalue weighted by Crippen LogP contribution is 2.55. The topological polar surface area (TPSA) is 35.5 Å². The Labute approximate surface area is 114 Å². The lowest BCUT2D eigenvalue weighted by Gasteiger charge is -2.49. The molecule has 1 fully saturated rings.